The van der Waals surface area contributed by atoms with E-state index in [0.29, 0.717) is 30.0 Å². The van der Waals surface area contributed by atoms with Crippen molar-refractivity contribution in [3.8, 4) is 5.75 Å². The van der Waals surface area contributed by atoms with Gasteiger partial charge in [-0.1, -0.05) is 27.7 Å². The van der Waals surface area contributed by atoms with E-state index in [0.717, 1.165) is 6.07 Å². The zero-order valence-corrected chi connectivity index (χ0v) is 15.3. The van der Waals surface area contributed by atoms with E-state index in [4.69, 9.17) is 0 Å². The number of alkyl halides is 6. The highest BCUT2D eigenvalue weighted by molar-refractivity contribution is 7.88. The van der Waals surface area contributed by atoms with E-state index < -0.39 is 43.9 Å². The molecule has 1 aromatic carbocycles. The minimum Gasteiger partial charge on any atom is -0.375 e. The highest BCUT2D eigenvalue weighted by Crippen LogP contribution is 2.50. The number of hydrogen-bond donors (Lipinski definition) is 0. The van der Waals surface area contributed by atoms with Crippen molar-refractivity contribution in [3.63, 3.8) is 0 Å². The summed E-state index contributed by atoms with van der Waals surface area (Å²) in [5.41, 5.74) is -8.01. The Balaban J connectivity index is 2.77. The minimum absolute atomic E-state index is 0.317. The maximum atomic E-state index is 13.4. The molecular formula is C16H18F6O3S. The molecule has 0 unspecified atom stereocenters. The molecule has 0 saturated heterocycles. The molecule has 0 saturated carbocycles. The van der Waals surface area contributed by atoms with Crippen molar-refractivity contribution in [3.05, 3.63) is 28.8 Å². The second-order valence-electron chi connectivity index (χ2n) is 7.64. The Morgan fingerprint density at radius 3 is 1.69 bits per heavy atom. The van der Waals surface area contributed by atoms with Crippen molar-refractivity contribution in [1.29, 1.82) is 0 Å². The molecule has 10 heteroatoms. The molecule has 0 atom stereocenters. The van der Waals surface area contributed by atoms with E-state index in [9.17, 15) is 34.8 Å². The van der Waals surface area contributed by atoms with Gasteiger partial charge < -0.3 is 4.18 Å². The van der Waals surface area contributed by atoms with Crippen LogP contribution in [0.5, 0.6) is 5.75 Å². The monoisotopic (exact) mass is 404 g/mol. The van der Waals surface area contributed by atoms with Crippen molar-refractivity contribution in [2.75, 3.05) is 0 Å². The van der Waals surface area contributed by atoms with E-state index in [1.807, 2.05) is 0 Å². The molecule has 0 bridgehead atoms. The summed E-state index contributed by atoms with van der Waals surface area (Å²) in [5.74, 6) is -1.36. The van der Waals surface area contributed by atoms with Crippen LogP contribution in [0.3, 0.4) is 0 Å². The van der Waals surface area contributed by atoms with E-state index in [-0.39, 0.29) is 0 Å². The summed E-state index contributed by atoms with van der Waals surface area (Å²) in [5, 5.41) is 0. The van der Waals surface area contributed by atoms with Gasteiger partial charge in [0.25, 0.3) is 0 Å². The molecular weight excluding hydrogens is 386 g/mol. The van der Waals surface area contributed by atoms with Crippen LogP contribution in [0.15, 0.2) is 12.1 Å². The Kier molecular flexibility index (Phi) is 4.63. The van der Waals surface area contributed by atoms with Gasteiger partial charge in [-0.25, -0.2) is 0 Å². The molecule has 1 aliphatic carbocycles. The van der Waals surface area contributed by atoms with Crippen LogP contribution < -0.4 is 4.18 Å². The fraction of sp³-hybridized carbons (Fsp3) is 0.625. The van der Waals surface area contributed by atoms with Gasteiger partial charge in [0, 0.05) is 0 Å². The zero-order chi connectivity index (χ0) is 20.3. The summed E-state index contributed by atoms with van der Waals surface area (Å²) in [7, 11) is -6.23. The van der Waals surface area contributed by atoms with Crippen LogP contribution >= 0.6 is 0 Å². The number of rotatable bonds is 2. The van der Waals surface area contributed by atoms with Crippen molar-refractivity contribution in [2.24, 2.45) is 0 Å². The average molecular weight is 404 g/mol. The van der Waals surface area contributed by atoms with Gasteiger partial charge in [-0.15, -0.1) is 0 Å². The van der Waals surface area contributed by atoms with E-state index in [1.165, 1.54) is 0 Å². The summed E-state index contributed by atoms with van der Waals surface area (Å²) in [6, 6.07) is 1.49. The van der Waals surface area contributed by atoms with Gasteiger partial charge in [0.15, 0.2) is 5.75 Å². The van der Waals surface area contributed by atoms with Crippen LogP contribution in [0.25, 0.3) is 0 Å². The molecule has 0 aliphatic heterocycles. The molecule has 148 valence electrons. The van der Waals surface area contributed by atoms with Gasteiger partial charge in [0.1, 0.15) is 0 Å². The van der Waals surface area contributed by atoms with Crippen LogP contribution in [-0.4, -0.2) is 13.9 Å². The van der Waals surface area contributed by atoms with Gasteiger partial charge in [-0.2, -0.15) is 34.8 Å². The predicted octanol–water partition coefficient (Wildman–Crippen LogP) is 5.28. The maximum Gasteiger partial charge on any atom is 0.534 e. The third kappa shape index (κ3) is 3.65. The molecule has 26 heavy (non-hydrogen) atoms. The highest BCUT2D eigenvalue weighted by atomic mass is 32.2. The fourth-order valence-corrected chi connectivity index (χ4v) is 3.52. The normalized spacial score (nSPS) is 19.8. The number of benzene rings is 1. The maximum absolute atomic E-state index is 13.4. The van der Waals surface area contributed by atoms with Gasteiger partial charge in [-0.3, -0.25) is 0 Å². The average Bonchev–Trinajstić information content (AvgIpc) is 2.41. The first-order valence-corrected chi connectivity index (χ1v) is 9.06. The molecule has 0 radical (unpaired) electrons. The molecule has 2 rings (SSSR count). The molecule has 0 spiro atoms. The SMILES string of the molecule is CC1(C)CCC(C)(C)c2cc(C(F)(F)F)c(OS(=O)(=O)C(F)(F)F)cc21. The van der Waals surface area contributed by atoms with Crippen LogP contribution in [0, 0.1) is 0 Å². The topological polar surface area (TPSA) is 43.4 Å². The zero-order valence-electron chi connectivity index (χ0n) is 14.5. The molecule has 1 aromatic rings. The Bertz CT molecular complexity index is 820. The van der Waals surface area contributed by atoms with Gasteiger partial charge in [-0.05, 0) is 46.9 Å². The highest BCUT2D eigenvalue weighted by Gasteiger charge is 2.50. The molecule has 0 N–H and O–H groups in total. The van der Waals surface area contributed by atoms with Crippen LogP contribution in [0.4, 0.5) is 26.3 Å². The van der Waals surface area contributed by atoms with Crippen LogP contribution in [0.2, 0.25) is 0 Å². The van der Waals surface area contributed by atoms with Crippen LogP contribution in [-0.2, 0) is 27.1 Å². The van der Waals surface area contributed by atoms with Crippen molar-refractivity contribution in [1.82, 2.24) is 0 Å². The van der Waals surface area contributed by atoms with Crippen LogP contribution in [0.1, 0.15) is 57.2 Å². The standard InChI is InChI=1S/C16H18F6O3S/c1-13(2)5-6-14(3,4)10-8-12(25-26(23,24)16(20,21)22)11(7-9(10)13)15(17,18)19/h7-8H,5-6H2,1-4H3. The molecule has 1 aliphatic rings. The third-order valence-corrected chi connectivity index (χ3v) is 5.71. The van der Waals surface area contributed by atoms with Crippen molar-refractivity contribution >= 4 is 10.1 Å². The molecule has 3 nitrogen and oxygen atoms in total. The smallest absolute Gasteiger partial charge is 0.375 e. The summed E-state index contributed by atoms with van der Waals surface area (Å²) in [6.45, 7) is 6.93. The lowest BCUT2D eigenvalue weighted by Crippen LogP contribution is -2.35. The van der Waals surface area contributed by atoms with Crippen molar-refractivity contribution < 1.29 is 38.9 Å². The first-order chi connectivity index (χ1) is 11.4. The van der Waals surface area contributed by atoms with Gasteiger partial charge in [0.2, 0.25) is 0 Å². The Labute approximate surface area is 147 Å². The first-order valence-electron chi connectivity index (χ1n) is 7.65. The molecule has 0 fully saturated rings. The van der Waals surface area contributed by atoms with E-state index in [2.05, 4.69) is 4.18 Å². The summed E-state index contributed by atoms with van der Waals surface area (Å²) >= 11 is 0. The largest absolute Gasteiger partial charge is 0.534 e. The Hall–Kier alpha value is -1.45. The quantitative estimate of drug-likeness (QED) is 0.383. The number of halogens is 6. The summed E-state index contributed by atoms with van der Waals surface area (Å²) in [4.78, 5) is 0. The van der Waals surface area contributed by atoms with E-state index in [1.54, 1.807) is 27.7 Å². The number of hydrogen-bond acceptors (Lipinski definition) is 3. The summed E-state index contributed by atoms with van der Waals surface area (Å²) < 4.78 is 104. The second-order valence-corrected chi connectivity index (χ2v) is 9.18. The van der Waals surface area contributed by atoms with Crippen molar-refractivity contribution in [2.45, 2.75) is 63.1 Å². The lowest BCUT2D eigenvalue weighted by Gasteiger charge is -2.42. The lowest BCUT2D eigenvalue weighted by molar-refractivity contribution is -0.138. The number of fused-ring (bicyclic) bond motifs is 1. The predicted molar refractivity (Wildman–Crippen MR) is 82.3 cm³/mol. The molecule has 0 amide bonds. The second kappa shape index (κ2) is 5.77. The third-order valence-electron chi connectivity index (χ3n) is 4.74. The molecule has 0 aromatic heterocycles. The van der Waals surface area contributed by atoms with E-state index >= 15 is 0 Å². The Morgan fingerprint density at radius 1 is 0.885 bits per heavy atom. The lowest BCUT2D eigenvalue weighted by atomic mass is 9.63. The summed E-state index contributed by atoms with van der Waals surface area (Å²) in [6.07, 6.45) is -3.93. The first kappa shape index (κ1) is 20.9. The van der Waals surface area contributed by atoms with Gasteiger partial charge in [0.05, 0.1) is 5.56 Å². The minimum atomic E-state index is -6.23. The Morgan fingerprint density at radius 2 is 1.31 bits per heavy atom. The fourth-order valence-electron chi connectivity index (χ4n) is 3.05. The molecule has 0 heterocycles. The van der Waals surface area contributed by atoms with Gasteiger partial charge >= 0.3 is 21.8 Å².